The number of hydrogen-bond acceptors (Lipinski definition) is 5. The van der Waals surface area contributed by atoms with E-state index in [0.29, 0.717) is 24.6 Å². The van der Waals surface area contributed by atoms with Gasteiger partial charge in [0.1, 0.15) is 11.6 Å². The van der Waals surface area contributed by atoms with Crippen LogP contribution in [0.2, 0.25) is 0 Å². The van der Waals surface area contributed by atoms with Crippen LogP contribution in [0.1, 0.15) is 12.0 Å². The van der Waals surface area contributed by atoms with Crippen LogP contribution in [0.4, 0.5) is 9.18 Å². The van der Waals surface area contributed by atoms with Crippen LogP contribution in [0.25, 0.3) is 0 Å². The summed E-state index contributed by atoms with van der Waals surface area (Å²) in [6.45, 7) is 0.887. The fourth-order valence-corrected chi connectivity index (χ4v) is 3.76. The monoisotopic (exact) mass is 393 g/mol. The highest BCUT2D eigenvalue weighted by Crippen LogP contribution is 2.20. The summed E-state index contributed by atoms with van der Waals surface area (Å²) in [4.78, 5) is 17.8. The zero-order chi connectivity index (χ0) is 19.4. The van der Waals surface area contributed by atoms with Crippen molar-refractivity contribution in [2.24, 2.45) is 0 Å². The van der Waals surface area contributed by atoms with Crippen molar-refractivity contribution < 1.29 is 22.3 Å². The Morgan fingerprint density at radius 3 is 2.81 bits per heavy atom. The molecule has 2 heterocycles. The molecule has 144 valence electrons. The highest BCUT2D eigenvalue weighted by molar-refractivity contribution is 7.91. The molecular weight excluding hydrogens is 373 g/mol. The Morgan fingerprint density at radius 2 is 2.19 bits per heavy atom. The molecule has 0 spiro atoms. The van der Waals surface area contributed by atoms with Gasteiger partial charge in [-0.15, -0.1) is 0 Å². The largest absolute Gasteiger partial charge is 0.439 e. The summed E-state index contributed by atoms with van der Waals surface area (Å²) in [6, 6.07) is 8.81. The molecule has 0 bridgehead atoms. The molecule has 1 N–H and O–H groups in total. The first kappa shape index (κ1) is 19.1. The van der Waals surface area contributed by atoms with Crippen LogP contribution in [-0.2, 0) is 16.4 Å². The zero-order valence-electron chi connectivity index (χ0n) is 14.8. The van der Waals surface area contributed by atoms with Crippen LogP contribution in [0.3, 0.4) is 0 Å². The predicted octanol–water partition coefficient (Wildman–Crippen LogP) is 2.34. The van der Waals surface area contributed by atoms with Gasteiger partial charge in [0.25, 0.3) is 0 Å². The quantitative estimate of drug-likeness (QED) is 0.842. The molecule has 2 amide bonds. The summed E-state index contributed by atoms with van der Waals surface area (Å²) < 4.78 is 41.7. The van der Waals surface area contributed by atoms with E-state index in [1.54, 1.807) is 30.5 Å². The predicted molar refractivity (Wildman–Crippen MR) is 97.8 cm³/mol. The second-order valence-corrected chi connectivity index (χ2v) is 8.73. The number of aromatic nitrogens is 1. The maximum Gasteiger partial charge on any atom is 0.317 e. The highest BCUT2D eigenvalue weighted by Gasteiger charge is 2.32. The standard InChI is InChI=1S/C18H20FN3O4S/c1-27(24,25)16-7-8-22(12-16)18(23)21-11-13-5-6-17(20-10-13)26-15-4-2-3-14(19)9-15/h2-6,9-10,16H,7-8,11-12H2,1H3,(H,21,23). The Bertz CT molecular complexity index is 918. The lowest BCUT2D eigenvalue weighted by Crippen LogP contribution is -2.39. The molecule has 3 rings (SSSR count). The first-order valence-corrected chi connectivity index (χ1v) is 10.4. The number of halogens is 1. The van der Waals surface area contributed by atoms with Gasteiger partial charge in [-0.25, -0.2) is 22.6 Å². The van der Waals surface area contributed by atoms with Gasteiger partial charge in [-0.2, -0.15) is 0 Å². The third-order valence-corrected chi connectivity index (χ3v) is 5.89. The first-order chi connectivity index (χ1) is 12.8. The summed E-state index contributed by atoms with van der Waals surface area (Å²) >= 11 is 0. The molecular formula is C18H20FN3O4S. The smallest absolute Gasteiger partial charge is 0.317 e. The Morgan fingerprint density at radius 1 is 1.37 bits per heavy atom. The van der Waals surface area contributed by atoms with Crippen LogP contribution in [0.5, 0.6) is 11.6 Å². The van der Waals surface area contributed by atoms with Crippen molar-refractivity contribution in [1.82, 2.24) is 15.2 Å². The topological polar surface area (TPSA) is 88.6 Å². The summed E-state index contributed by atoms with van der Waals surface area (Å²) in [7, 11) is -3.14. The van der Waals surface area contributed by atoms with Crippen LogP contribution >= 0.6 is 0 Å². The molecule has 0 radical (unpaired) electrons. The van der Waals surface area contributed by atoms with Crippen molar-refractivity contribution in [3.8, 4) is 11.6 Å². The fourth-order valence-electron chi connectivity index (χ4n) is 2.78. The Hall–Kier alpha value is -2.68. The first-order valence-electron chi connectivity index (χ1n) is 8.41. The summed E-state index contributed by atoms with van der Waals surface area (Å²) in [5, 5.41) is 2.26. The molecule has 1 atom stereocenters. The van der Waals surface area contributed by atoms with E-state index >= 15 is 0 Å². The summed E-state index contributed by atoms with van der Waals surface area (Å²) in [5.41, 5.74) is 0.758. The number of ether oxygens (including phenoxy) is 1. The molecule has 7 nitrogen and oxygen atoms in total. The number of carbonyl (C=O) groups excluding carboxylic acids is 1. The molecule has 1 saturated heterocycles. The molecule has 0 saturated carbocycles. The van der Waals surface area contributed by atoms with E-state index in [-0.39, 0.29) is 19.1 Å². The van der Waals surface area contributed by atoms with Crippen molar-refractivity contribution >= 4 is 15.9 Å². The van der Waals surface area contributed by atoms with E-state index in [1.807, 2.05) is 0 Å². The summed E-state index contributed by atoms with van der Waals surface area (Å²) in [6.07, 6.45) is 3.20. The van der Waals surface area contributed by atoms with E-state index in [4.69, 9.17) is 4.74 Å². The van der Waals surface area contributed by atoms with E-state index in [2.05, 4.69) is 10.3 Å². The van der Waals surface area contributed by atoms with Gasteiger partial charge in [-0.05, 0) is 24.1 Å². The van der Waals surface area contributed by atoms with Crippen molar-refractivity contribution in [2.45, 2.75) is 18.2 Å². The Kier molecular flexibility index (Phi) is 5.59. The number of nitrogens with zero attached hydrogens (tertiary/aromatic N) is 2. The number of benzene rings is 1. The third-order valence-electron chi connectivity index (χ3n) is 4.30. The SMILES string of the molecule is CS(=O)(=O)C1CCN(C(=O)NCc2ccc(Oc3cccc(F)c3)nc2)C1. The molecule has 2 aromatic rings. The number of hydrogen-bond donors (Lipinski definition) is 1. The number of pyridine rings is 1. The van der Waals surface area contributed by atoms with Crippen molar-refractivity contribution in [3.05, 3.63) is 54.0 Å². The van der Waals surface area contributed by atoms with Gasteiger partial charge in [0.05, 0.1) is 5.25 Å². The Labute approximate surface area is 157 Å². The van der Waals surface area contributed by atoms with Gasteiger partial charge < -0.3 is 15.0 Å². The van der Waals surface area contributed by atoms with Gasteiger partial charge in [0.15, 0.2) is 9.84 Å². The second kappa shape index (κ2) is 7.91. The normalized spacial score (nSPS) is 17.0. The zero-order valence-corrected chi connectivity index (χ0v) is 15.6. The van der Waals surface area contributed by atoms with Crippen LogP contribution < -0.4 is 10.1 Å². The van der Waals surface area contributed by atoms with Gasteiger partial charge in [-0.3, -0.25) is 0 Å². The third kappa shape index (κ3) is 5.16. The number of amides is 2. The lowest BCUT2D eigenvalue weighted by molar-refractivity contribution is 0.208. The molecule has 1 aromatic carbocycles. The van der Waals surface area contributed by atoms with Crippen LogP contribution in [0, 0.1) is 5.82 Å². The van der Waals surface area contributed by atoms with Crippen LogP contribution in [0.15, 0.2) is 42.6 Å². The maximum atomic E-state index is 13.1. The number of urea groups is 1. The minimum absolute atomic E-state index is 0.212. The molecule has 9 heteroatoms. The van der Waals surface area contributed by atoms with Gasteiger partial charge in [0.2, 0.25) is 5.88 Å². The molecule has 1 aromatic heterocycles. The second-order valence-electron chi connectivity index (χ2n) is 6.41. The summed E-state index contributed by atoms with van der Waals surface area (Å²) in [5.74, 6) is 0.260. The number of rotatable bonds is 5. The molecule has 1 fully saturated rings. The number of sulfone groups is 1. The Balaban J connectivity index is 1.51. The minimum Gasteiger partial charge on any atom is -0.439 e. The molecule has 1 aliphatic rings. The average molecular weight is 393 g/mol. The van der Waals surface area contributed by atoms with Gasteiger partial charge in [0, 0.05) is 44.2 Å². The molecule has 1 unspecified atom stereocenters. The lowest BCUT2D eigenvalue weighted by atomic mass is 10.3. The number of likely N-dealkylation sites (tertiary alicyclic amines) is 1. The van der Waals surface area contributed by atoms with E-state index in [9.17, 15) is 17.6 Å². The van der Waals surface area contributed by atoms with Crippen LogP contribution in [-0.4, -0.2) is 48.9 Å². The average Bonchev–Trinajstić information content (AvgIpc) is 3.11. The molecule has 0 aliphatic carbocycles. The molecule has 1 aliphatic heterocycles. The lowest BCUT2D eigenvalue weighted by Gasteiger charge is -2.17. The fraction of sp³-hybridized carbons (Fsp3) is 0.333. The minimum atomic E-state index is -3.14. The number of carbonyl (C=O) groups is 1. The van der Waals surface area contributed by atoms with E-state index < -0.39 is 20.9 Å². The van der Waals surface area contributed by atoms with E-state index in [1.165, 1.54) is 23.3 Å². The number of nitrogens with one attached hydrogen (secondary N) is 1. The highest BCUT2D eigenvalue weighted by atomic mass is 32.2. The molecule has 27 heavy (non-hydrogen) atoms. The van der Waals surface area contributed by atoms with Crippen molar-refractivity contribution in [3.63, 3.8) is 0 Å². The van der Waals surface area contributed by atoms with Crippen molar-refractivity contribution in [2.75, 3.05) is 19.3 Å². The van der Waals surface area contributed by atoms with Gasteiger partial charge in [-0.1, -0.05) is 12.1 Å². The van der Waals surface area contributed by atoms with Crippen molar-refractivity contribution in [1.29, 1.82) is 0 Å². The maximum absolute atomic E-state index is 13.1. The van der Waals surface area contributed by atoms with Gasteiger partial charge >= 0.3 is 6.03 Å². The van der Waals surface area contributed by atoms with E-state index in [0.717, 1.165) is 5.56 Å².